The minimum absolute atomic E-state index is 0.0999. The van der Waals surface area contributed by atoms with Gasteiger partial charge < -0.3 is 9.47 Å². The number of halogens is 1. The van der Waals surface area contributed by atoms with E-state index in [1.165, 1.54) is 25.3 Å². The molecule has 0 amide bonds. The fourth-order valence-corrected chi connectivity index (χ4v) is 3.49. The van der Waals surface area contributed by atoms with Gasteiger partial charge in [0, 0.05) is 19.2 Å². The van der Waals surface area contributed by atoms with Crippen LogP contribution in [0, 0.1) is 5.82 Å². The normalized spacial score (nSPS) is 14.1. The maximum atomic E-state index is 14.1. The second kappa shape index (κ2) is 7.95. The zero-order valence-electron chi connectivity index (χ0n) is 14.5. The van der Waals surface area contributed by atoms with Gasteiger partial charge in [0.05, 0.1) is 11.5 Å². The topological polar surface area (TPSA) is 64.6 Å². The van der Waals surface area contributed by atoms with Crippen molar-refractivity contribution in [2.75, 3.05) is 20.3 Å². The van der Waals surface area contributed by atoms with E-state index in [4.69, 9.17) is 9.47 Å². The lowest BCUT2D eigenvalue weighted by molar-refractivity contribution is 0.00410. The van der Waals surface area contributed by atoms with E-state index in [9.17, 15) is 12.8 Å². The number of methoxy groups -OCH3 is 1. The quantitative estimate of drug-likeness (QED) is 0.779. The van der Waals surface area contributed by atoms with Crippen LogP contribution < -0.4 is 9.46 Å². The lowest BCUT2D eigenvalue weighted by Gasteiger charge is -2.29. The summed E-state index contributed by atoms with van der Waals surface area (Å²) in [6.07, 6.45) is 0. The van der Waals surface area contributed by atoms with Crippen LogP contribution in [-0.4, -0.2) is 28.7 Å². The highest BCUT2D eigenvalue weighted by Crippen LogP contribution is 2.27. The fraction of sp³-hybridized carbons (Fsp3) is 0.333. The van der Waals surface area contributed by atoms with Crippen LogP contribution in [0.15, 0.2) is 53.4 Å². The molecule has 5 nitrogen and oxygen atoms in total. The molecular formula is C18H22FNO4S. The maximum Gasteiger partial charge on any atom is 0.240 e. The van der Waals surface area contributed by atoms with Gasteiger partial charge in [-0.3, -0.25) is 0 Å². The summed E-state index contributed by atoms with van der Waals surface area (Å²) in [5, 5.41) is 0. The Bertz CT molecular complexity index is 808. The van der Waals surface area contributed by atoms with Crippen molar-refractivity contribution in [1.29, 1.82) is 0 Å². The third kappa shape index (κ3) is 4.56. The molecule has 1 unspecified atom stereocenters. The molecule has 0 aliphatic carbocycles. The summed E-state index contributed by atoms with van der Waals surface area (Å²) in [7, 11) is -2.35. The van der Waals surface area contributed by atoms with Crippen LogP contribution in [0.1, 0.15) is 19.4 Å². The van der Waals surface area contributed by atoms with Crippen LogP contribution in [-0.2, 0) is 20.4 Å². The molecule has 0 aliphatic heterocycles. The van der Waals surface area contributed by atoms with E-state index in [2.05, 4.69) is 4.72 Å². The first-order valence-electron chi connectivity index (χ1n) is 7.85. The monoisotopic (exact) mass is 367 g/mol. The molecule has 25 heavy (non-hydrogen) atoms. The van der Waals surface area contributed by atoms with Gasteiger partial charge in [0.1, 0.15) is 17.2 Å². The molecule has 0 saturated carbocycles. The van der Waals surface area contributed by atoms with Crippen molar-refractivity contribution in [3.8, 4) is 5.75 Å². The molecule has 1 N–H and O–H groups in total. The number of sulfonamides is 1. The summed E-state index contributed by atoms with van der Waals surface area (Å²) in [4.78, 5) is 0.0999. The van der Waals surface area contributed by atoms with Crippen molar-refractivity contribution >= 4 is 10.0 Å². The third-order valence-corrected chi connectivity index (χ3v) is 5.36. The van der Waals surface area contributed by atoms with Crippen LogP contribution in [0.25, 0.3) is 0 Å². The molecule has 2 aromatic carbocycles. The Morgan fingerprint density at radius 2 is 1.76 bits per heavy atom. The van der Waals surface area contributed by atoms with Crippen molar-refractivity contribution in [3.05, 3.63) is 59.9 Å². The van der Waals surface area contributed by atoms with E-state index < -0.39 is 21.4 Å². The van der Waals surface area contributed by atoms with E-state index in [1.807, 2.05) is 6.92 Å². The summed E-state index contributed by atoms with van der Waals surface area (Å²) in [6, 6.07) is 12.2. The summed E-state index contributed by atoms with van der Waals surface area (Å²) in [5.41, 5.74) is -0.851. The molecule has 136 valence electrons. The predicted molar refractivity (Wildman–Crippen MR) is 93.6 cm³/mol. The molecule has 0 heterocycles. The number of ether oxygens (including phenoxy) is 2. The van der Waals surface area contributed by atoms with Gasteiger partial charge >= 0.3 is 0 Å². The molecule has 0 spiro atoms. The number of benzene rings is 2. The van der Waals surface area contributed by atoms with Gasteiger partial charge in [-0.15, -0.1) is 0 Å². The van der Waals surface area contributed by atoms with E-state index in [-0.39, 0.29) is 17.0 Å². The van der Waals surface area contributed by atoms with Crippen LogP contribution in [0.5, 0.6) is 5.75 Å². The average Bonchev–Trinajstić information content (AvgIpc) is 2.61. The molecule has 7 heteroatoms. The Morgan fingerprint density at radius 3 is 2.32 bits per heavy atom. The first-order chi connectivity index (χ1) is 11.8. The van der Waals surface area contributed by atoms with Gasteiger partial charge in [-0.2, -0.15) is 0 Å². The second-order valence-electron chi connectivity index (χ2n) is 5.64. The smallest absolute Gasteiger partial charge is 0.240 e. The van der Waals surface area contributed by atoms with E-state index in [1.54, 1.807) is 37.3 Å². The van der Waals surface area contributed by atoms with Gasteiger partial charge in [0.25, 0.3) is 0 Å². The van der Waals surface area contributed by atoms with E-state index >= 15 is 0 Å². The molecule has 0 aliphatic rings. The lowest BCUT2D eigenvalue weighted by atomic mass is 9.95. The van der Waals surface area contributed by atoms with Gasteiger partial charge in [0.15, 0.2) is 0 Å². The largest absolute Gasteiger partial charge is 0.494 e. The molecule has 2 rings (SSSR count). The number of hydrogen-bond acceptors (Lipinski definition) is 4. The maximum absolute atomic E-state index is 14.1. The average molecular weight is 367 g/mol. The highest BCUT2D eigenvalue weighted by molar-refractivity contribution is 7.89. The Morgan fingerprint density at radius 1 is 1.12 bits per heavy atom. The summed E-state index contributed by atoms with van der Waals surface area (Å²) in [5.74, 6) is 0.140. The molecule has 2 aromatic rings. The van der Waals surface area contributed by atoms with E-state index in [0.29, 0.717) is 12.4 Å². The fourth-order valence-electron chi connectivity index (χ4n) is 2.37. The summed E-state index contributed by atoms with van der Waals surface area (Å²) >= 11 is 0. The van der Waals surface area contributed by atoms with E-state index in [0.717, 1.165) is 0 Å². The van der Waals surface area contributed by atoms with Crippen molar-refractivity contribution in [1.82, 2.24) is 4.72 Å². The minimum atomic E-state index is -3.76. The minimum Gasteiger partial charge on any atom is -0.494 e. The Labute approximate surface area is 147 Å². The highest BCUT2D eigenvalue weighted by Gasteiger charge is 2.31. The van der Waals surface area contributed by atoms with Gasteiger partial charge in [-0.1, -0.05) is 18.2 Å². The highest BCUT2D eigenvalue weighted by atomic mass is 32.2. The van der Waals surface area contributed by atoms with Gasteiger partial charge in [-0.05, 0) is 44.2 Å². The molecule has 0 saturated heterocycles. The van der Waals surface area contributed by atoms with Crippen molar-refractivity contribution in [2.24, 2.45) is 0 Å². The molecule has 0 fully saturated rings. The summed E-state index contributed by atoms with van der Waals surface area (Å²) < 4.78 is 52.2. The second-order valence-corrected chi connectivity index (χ2v) is 7.41. The molecule has 0 bridgehead atoms. The molecule has 0 radical (unpaired) electrons. The molecular weight excluding hydrogens is 345 g/mol. The van der Waals surface area contributed by atoms with Crippen LogP contribution in [0.3, 0.4) is 0 Å². The van der Waals surface area contributed by atoms with Gasteiger partial charge in [-0.25, -0.2) is 17.5 Å². The number of rotatable bonds is 8. The van der Waals surface area contributed by atoms with Crippen LogP contribution >= 0.6 is 0 Å². The van der Waals surface area contributed by atoms with Crippen LogP contribution in [0.4, 0.5) is 4.39 Å². The van der Waals surface area contributed by atoms with Crippen molar-refractivity contribution in [3.63, 3.8) is 0 Å². The summed E-state index contributed by atoms with van der Waals surface area (Å²) in [6.45, 7) is 3.87. The Kier molecular flexibility index (Phi) is 6.16. The zero-order chi connectivity index (χ0) is 18.5. The first-order valence-corrected chi connectivity index (χ1v) is 9.33. The van der Waals surface area contributed by atoms with Gasteiger partial charge in [0.2, 0.25) is 10.0 Å². The standard InChI is InChI=1S/C18H22FNO4S/c1-4-24-14-9-11-15(12-10-14)25(21,22)20-13-18(2,23-3)16-7-5-6-8-17(16)19/h5-12,20H,4,13H2,1-3H3. The molecule has 0 aromatic heterocycles. The SMILES string of the molecule is CCOc1ccc(S(=O)(=O)NCC(C)(OC)c2ccccc2F)cc1. The number of hydrogen-bond donors (Lipinski definition) is 1. The lowest BCUT2D eigenvalue weighted by Crippen LogP contribution is -2.40. The predicted octanol–water partition coefficient (Wildman–Crippen LogP) is 3.06. The third-order valence-electron chi connectivity index (χ3n) is 3.94. The Hall–Kier alpha value is -1.96. The number of nitrogens with one attached hydrogen (secondary N) is 1. The zero-order valence-corrected chi connectivity index (χ0v) is 15.3. The first kappa shape index (κ1) is 19.4. The van der Waals surface area contributed by atoms with Crippen molar-refractivity contribution in [2.45, 2.75) is 24.3 Å². The van der Waals surface area contributed by atoms with Crippen molar-refractivity contribution < 1.29 is 22.3 Å². The molecule has 1 atom stereocenters. The Balaban J connectivity index is 2.18. The van der Waals surface area contributed by atoms with Crippen LogP contribution in [0.2, 0.25) is 0 Å².